The van der Waals surface area contributed by atoms with Crippen LogP contribution in [0.1, 0.15) is 36.9 Å². The van der Waals surface area contributed by atoms with E-state index in [-0.39, 0.29) is 12.5 Å². The molecule has 0 saturated heterocycles. The maximum Gasteiger partial charge on any atom is 0.120 e. The zero-order chi connectivity index (χ0) is 15.5. The molecular formula is C17H21N2O3-. The predicted octanol–water partition coefficient (Wildman–Crippen LogP) is 1.28. The van der Waals surface area contributed by atoms with Gasteiger partial charge in [-0.15, -0.1) is 0 Å². The third-order valence-corrected chi connectivity index (χ3v) is 4.24. The molecule has 1 aliphatic rings. The van der Waals surface area contributed by atoms with E-state index in [2.05, 4.69) is 11.1 Å². The van der Waals surface area contributed by atoms with Gasteiger partial charge in [0, 0.05) is 28.6 Å². The van der Waals surface area contributed by atoms with Crippen LogP contribution in [0, 0.1) is 0 Å². The van der Waals surface area contributed by atoms with Crippen molar-refractivity contribution in [1.82, 2.24) is 4.98 Å². The van der Waals surface area contributed by atoms with Crippen molar-refractivity contribution in [3.05, 3.63) is 29.5 Å². The molecule has 22 heavy (non-hydrogen) atoms. The quantitative estimate of drug-likeness (QED) is 0.786. The molecule has 0 spiro atoms. The molecule has 1 unspecified atom stereocenters. The van der Waals surface area contributed by atoms with E-state index in [0.29, 0.717) is 19.4 Å². The maximum atomic E-state index is 10.3. The number of nitrogens with one attached hydrogen (secondary N) is 1. The summed E-state index contributed by atoms with van der Waals surface area (Å²) < 4.78 is 5.72. The predicted molar refractivity (Wildman–Crippen MR) is 82.7 cm³/mol. The number of hydrogen-bond acceptors (Lipinski definition) is 4. The third kappa shape index (κ3) is 3.25. The summed E-state index contributed by atoms with van der Waals surface area (Å²) in [6, 6.07) is 6.28. The SMILES string of the molecule is NC1CCc2[nH]c3ccc(OCCCCC(=O)[O-])cc3c2C1. The lowest BCUT2D eigenvalue weighted by molar-refractivity contribution is -0.305. The number of hydrogen-bond donors (Lipinski definition) is 2. The van der Waals surface area contributed by atoms with Gasteiger partial charge in [0.1, 0.15) is 5.75 Å². The molecule has 3 N–H and O–H groups in total. The molecular weight excluding hydrogens is 280 g/mol. The van der Waals surface area contributed by atoms with Gasteiger partial charge >= 0.3 is 0 Å². The normalized spacial score (nSPS) is 17.4. The van der Waals surface area contributed by atoms with E-state index in [4.69, 9.17) is 10.5 Å². The lowest BCUT2D eigenvalue weighted by Crippen LogP contribution is -2.27. The minimum absolute atomic E-state index is 0.0889. The van der Waals surface area contributed by atoms with Gasteiger partial charge in [0.15, 0.2) is 0 Å². The van der Waals surface area contributed by atoms with Crippen LogP contribution in [-0.2, 0) is 17.6 Å². The van der Waals surface area contributed by atoms with Gasteiger partial charge in [-0.05, 0) is 62.3 Å². The highest BCUT2D eigenvalue weighted by molar-refractivity contribution is 5.86. The van der Waals surface area contributed by atoms with Gasteiger partial charge in [-0.25, -0.2) is 0 Å². The van der Waals surface area contributed by atoms with Gasteiger partial charge in [0.2, 0.25) is 0 Å². The first-order chi connectivity index (χ1) is 10.6. The van der Waals surface area contributed by atoms with Crippen LogP contribution in [0.2, 0.25) is 0 Å². The number of unbranched alkanes of at least 4 members (excludes halogenated alkanes) is 1. The van der Waals surface area contributed by atoms with Crippen molar-refractivity contribution in [2.75, 3.05) is 6.61 Å². The van der Waals surface area contributed by atoms with Crippen LogP contribution < -0.4 is 15.6 Å². The molecule has 1 aliphatic carbocycles. The van der Waals surface area contributed by atoms with Crippen LogP contribution in [0.3, 0.4) is 0 Å². The molecule has 2 aromatic rings. The van der Waals surface area contributed by atoms with Gasteiger partial charge < -0.3 is 25.4 Å². The molecule has 0 fully saturated rings. The van der Waals surface area contributed by atoms with Gasteiger partial charge in [0.25, 0.3) is 0 Å². The summed E-state index contributed by atoms with van der Waals surface area (Å²) in [4.78, 5) is 13.8. The van der Waals surface area contributed by atoms with Crippen molar-refractivity contribution in [3.63, 3.8) is 0 Å². The summed E-state index contributed by atoms with van der Waals surface area (Å²) >= 11 is 0. The standard InChI is InChI=1S/C17H22N2O3/c18-11-4-6-15-13(9-11)14-10-12(5-7-16(14)19-15)22-8-2-1-3-17(20)21/h5,7,10-11,19H,1-4,6,8-9,18H2,(H,20,21)/p-1. The average Bonchev–Trinajstić information content (AvgIpc) is 2.84. The van der Waals surface area contributed by atoms with Gasteiger partial charge in [-0.2, -0.15) is 0 Å². The number of carboxylic acids is 1. The molecule has 0 saturated carbocycles. The Morgan fingerprint density at radius 3 is 3.09 bits per heavy atom. The lowest BCUT2D eigenvalue weighted by Gasteiger charge is -2.18. The number of aliphatic carboxylic acids is 1. The number of rotatable bonds is 6. The minimum atomic E-state index is -1.00. The number of carbonyl (C=O) groups excluding carboxylic acids is 1. The highest BCUT2D eigenvalue weighted by atomic mass is 16.5. The van der Waals surface area contributed by atoms with E-state index >= 15 is 0 Å². The summed E-state index contributed by atoms with van der Waals surface area (Å²) in [5, 5.41) is 11.5. The van der Waals surface area contributed by atoms with Crippen molar-refractivity contribution < 1.29 is 14.6 Å². The van der Waals surface area contributed by atoms with E-state index < -0.39 is 5.97 Å². The highest BCUT2D eigenvalue weighted by Crippen LogP contribution is 2.31. The first-order valence-corrected chi connectivity index (χ1v) is 7.85. The maximum absolute atomic E-state index is 10.3. The lowest BCUT2D eigenvalue weighted by atomic mass is 9.92. The molecule has 0 aliphatic heterocycles. The Morgan fingerprint density at radius 2 is 2.27 bits per heavy atom. The van der Waals surface area contributed by atoms with Crippen LogP contribution in [0.15, 0.2) is 18.2 Å². The Balaban J connectivity index is 1.67. The topological polar surface area (TPSA) is 91.2 Å². The number of H-pyrrole nitrogens is 1. The molecule has 118 valence electrons. The fraction of sp³-hybridized carbons (Fsp3) is 0.471. The van der Waals surface area contributed by atoms with E-state index in [1.54, 1.807) is 0 Å². The van der Waals surface area contributed by atoms with Gasteiger partial charge in [0.05, 0.1) is 6.61 Å². The summed E-state index contributed by atoms with van der Waals surface area (Å²) in [7, 11) is 0. The molecule has 1 atom stereocenters. The van der Waals surface area contributed by atoms with Gasteiger partial charge in [-0.1, -0.05) is 0 Å². The minimum Gasteiger partial charge on any atom is -0.550 e. The molecule has 1 aromatic heterocycles. The Labute approximate surface area is 129 Å². The molecule has 5 heteroatoms. The zero-order valence-corrected chi connectivity index (χ0v) is 12.6. The fourth-order valence-electron chi connectivity index (χ4n) is 3.07. The van der Waals surface area contributed by atoms with Crippen molar-refractivity contribution in [2.45, 2.75) is 44.6 Å². The molecule has 1 heterocycles. The van der Waals surface area contributed by atoms with Crippen LogP contribution in [0.5, 0.6) is 5.75 Å². The molecule has 0 radical (unpaired) electrons. The first-order valence-electron chi connectivity index (χ1n) is 7.85. The van der Waals surface area contributed by atoms with Crippen molar-refractivity contribution in [3.8, 4) is 5.75 Å². The van der Waals surface area contributed by atoms with E-state index in [1.807, 2.05) is 12.1 Å². The molecule has 1 aromatic carbocycles. The first kappa shape index (κ1) is 14.9. The monoisotopic (exact) mass is 301 g/mol. The summed E-state index contributed by atoms with van der Waals surface area (Å²) in [5.41, 5.74) is 9.82. The number of carboxylic acid groups (broad SMARTS) is 1. The van der Waals surface area contributed by atoms with Crippen LogP contribution in [-0.4, -0.2) is 23.6 Å². The Bertz CT molecular complexity index is 678. The van der Waals surface area contributed by atoms with Crippen LogP contribution >= 0.6 is 0 Å². The van der Waals surface area contributed by atoms with Crippen molar-refractivity contribution >= 4 is 16.9 Å². The number of aromatic nitrogens is 1. The van der Waals surface area contributed by atoms with E-state index in [0.717, 1.165) is 30.5 Å². The van der Waals surface area contributed by atoms with Crippen molar-refractivity contribution in [2.24, 2.45) is 5.73 Å². The second-order valence-corrected chi connectivity index (χ2v) is 5.97. The summed E-state index contributed by atoms with van der Waals surface area (Å²) in [6.07, 6.45) is 4.32. The molecule has 0 amide bonds. The number of carbonyl (C=O) groups is 1. The highest BCUT2D eigenvalue weighted by Gasteiger charge is 2.20. The number of ether oxygens (including phenoxy) is 1. The van der Waals surface area contributed by atoms with E-state index in [1.165, 1.54) is 16.6 Å². The summed E-state index contributed by atoms with van der Waals surface area (Å²) in [6.45, 7) is 0.519. The number of nitrogens with two attached hydrogens (primary N) is 1. The molecule has 0 bridgehead atoms. The molecule has 5 nitrogen and oxygen atoms in total. The largest absolute Gasteiger partial charge is 0.550 e. The Kier molecular flexibility index (Phi) is 4.34. The van der Waals surface area contributed by atoms with Crippen molar-refractivity contribution in [1.29, 1.82) is 0 Å². The van der Waals surface area contributed by atoms with E-state index in [9.17, 15) is 9.90 Å². The number of benzene rings is 1. The second-order valence-electron chi connectivity index (χ2n) is 5.97. The number of aromatic amines is 1. The fourth-order valence-corrected chi connectivity index (χ4v) is 3.07. The Hall–Kier alpha value is -2.01. The average molecular weight is 301 g/mol. The van der Waals surface area contributed by atoms with Crippen LogP contribution in [0.25, 0.3) is 10.9 Å². The Morgan fingerprint density at radius 1 is 1.41 bits per heavy atom. The number of fused-ring (bicyclic) bond motifs is 3. The molecule has 3 rings (SSSR count). The second kappa shape index (κ2) is 6.40. The summed E-state index contributed by atoms with van der Waals surface area (Å²) in [5.74, 6) is -0.182. The van der Waals surface area contributed by atoms with Crippen LogP contribution in [0.4, 0.5) is 0 Å². The van der Waals surface area contributed by atoms with Gasteiger partial charge in [-0.3, -0.25) is 0 Å². The zero-order valence-electron chi connectivity index (χ0n) is 12.6. The smallest absolute Gasteiger partial charge is 0.120 e. The number of aryl methyl sites for hydroxylation is 1. The third-order valence-electron chi connectivity index (χ3n) is 4.24.